The molecule has 0 bridgehead atoms. The Morgan fingerprint density at radius 3 is 2.61 bits per heavy atom. The standard InChI is InChI=1S/C24H25N5O3S/c1-25-14-6-7-17-12-13-21-22(15-17)27-24(26-21)28-23(30)18-8-5-9-19(16-18)29-33(31,32)20-10-3-2-4-11-20/h2-5,8-13,15-16,25,29H,6-7,14H2,1H3,(H2,26,27,28,30). The molecular formula is C24H25N5O3S. The SMILES string of the molecule is CNCCCc1ccc2[nH]c(NC(=O)c3cccc(NS(=O)(=O)c4ccccc4)c3)nc2c1. The number of H-pyrrole nitrogens is 1. The van der Waals surface area contributed by atoms with Crippen molar-refractivity contribution in [2.75, 3.05) is 23.6 Å². The lowest BCUT2D eigenvalue weighted by atomic mass is 10.1. The summed E-state index contributed by atoms with van der Waals surface area (Å²) in [5, 5.41) is 5.88. The van der Waals surface area contributed by atoms with Crippen LogP contribution in [0.1, 0.15) is 22.3 Å². The van der Waals surface area contributed by atoms with Crippen molar-refractivity contribution < 1.29 is 13.2 Å². The molecule has 1 amide bonds. The first-order chi connectivity index (χ1) is 15.9. The van der Waals surface area contributed by atoms with Crippen LogP contribution >= 0.6 is 0 Å². The van der Waals surface area contributed by atoms with Crippen molar-refractivity contribution in [3.05, 3.63) is 83.9 Å². The molecule has 8 nitrogen and oxygen atoms in total. The number of fused-ring (bicyclic) bond motifs is 1. The van der Waals surface area contributed by atoms with Crippen LogP contribution in [0.5, 0.6) is 0 Å². The summed E-state index contributed by atoms with van der Waals surface area (Å²) in [6.45, 7) is 0.945. The maximum atomic E-state index is 12.8. The van der Waals surface area contributed by atoms with Gasteiger partial charge >= 0.3 is 0 Å². The van der Waals surface area contributed by atoms with Crippen LogP contribution in [0.15, 0.2) is 77.7 Å². The number of anilines is 2. The van der Waals surface area contributed by atoms with Crippen LogP contribution in [-0.2, 0) is 16.4 Å². The molecule has 3 aromatic carbocycles. The van der Waals surface area contributed by atoms with Gasteiger partial charge in [-0.1, -0.05) is 30.3 Å². The lowest BCUT2D eigenvalue weighted by molar-refractivity contribution is 0.102. The quantitative estimate of drug-likeness (QED) is 0.282. The fourth-order valence-corrected chi connectivity index (χ4v) is 4.52. The van der Waals surface area contributed by atoms with Gasteiger partial charge in [-0.15, -0.1) is 0 Å². The Labute approximate surface area is 192 Å². The van der Waals surface area contributed by atoms with Gasteiger partial charge in [0.25, 0.3) is 15.9 Å². The number of carbonyl (C=O) groups is 1. The largest absolute Gasteiger partial charge is 0.324 e. The lowest BCUT2D eigenvalue weighted by Gasteiger charge is -2.09. The van der Waals surface area contributed by atoms with Gasteiger partial charge in [-0.05, 0) is 74.5 Å². The van der Waals surface area contributed by atoms with Crippen molar-refractivity contribution >= 4 is 38.6 Å². The molecule has 0 radical (unpaired) electrons. The number of sulfonamides is 1. The van der Waals surface area contributed by atoms with Gasteiger partial charge in [0, 0.05) is 11.3 Å². The van der Waals surface area contributed by atoms with E-state index in [1.807, 2.05) is 25.2 Å². The number of carbonyl (C=O) groups excluding carboxylic acids is 1. The summed E-state index contributed by atoms with van der Waals surface area (Å²) in [7, 11) is -1.82. The Morgan fingerprint density at radius 1 is 1.00 bits per heavy atom. The van der Waals surface area contributed by atoms with E-state index in [2.05, 4.69) is 25.3 Å². The Bertz CT molecular complexity index is 1370. The molecule has 0 spiro atoms. The molecule has 0 saturated carbocycles. The van der Waals surface area contributed by atoms with E-state index in [9.17, 15) is 13.2 Å². The first-order valence-electron chi connectivity index (χ1n) is 10.6. The Kier molecular flexibility index (Phi) is 6.71. The third kappa shape index (κ3) is 5.57. The maximum absolute atomic E-state index is 12.8. The van der Waals surface area contributed by atoms with Gasteiger partial charge in [0.15, 0.2) is 0 Å². The van der Waals surface area contributed by atoms with Crippen LogP contribution in [0.3, 0.4) is 0 Å². The zero-order valence-electron chi connectivity index (χ0n) is 18.1. The molecule has 4 N–H and O–H groups in total. The fraction of sp³-hybridized carbons (Fsp3) is 0.167. The molecule has 9 heteroatoms. The topological polar surface area (TPSA) is 116 Å². The number of hydrogen-bond acceptors (Lipinski definition) is 5. The first kappa shape index (κ1) is 22.5. The van der Waals surface area contributed by atoms with E-state index in [4.69, 9.17) is 0 Å². The van der Waals surface area contributed by atoms with Gasteiger partial charge in [-0.2, -0.15) is 0 Å². The van der Waals surface area contributed by atoms with Gasteiger partial charge in [0.1, 0.15) is 0 Å². The van der Waals surface area contributed by atoms with E-state index < -0.39 is 15.9 Å². The summed E-state index contributed by atoms with van der Waals surface area (Å²) in [5.41, 5.74) is 3.38. The Morgan fingerprint density at radius 2 is 1.82 bits per heavy atom. The number of benzene rings is 3. The number of aromatic nitrogens is 2. The van der Waals surface area contributed by atoms with E-state index in [1.54, 1.807) is 36.4 Å². The molecule has 0 atom stereocenters. The number of aromatic amines is 1. The fourth-order valence-electron chi connectivity index (χ4n) is 3.45. The molecule has 170 valence electrons. The third-order valence-electron chi connectivity index (χ3n) is 5.10. The average Bonchev–Trinajstić information content (AvgIpc) is 3.21. The van der Waals surface area contributed by atoms with Crippen LogP contribution < -0.4 is 15.4 Å². The molecule has 0 aliphatic heterocycles. The number of nitrogens with zero attached hydrogens (tertiary/aromatic N) is 1. The van der Waals surface area contributed by atoms with Gasteiger partial charge in [0.2, 0.25) is 5.95 Å². The minimum Gasteiger partial charge on any atom is -0.324 e. The molecule has 0 aliphatic carbocycles. The highest BCUT2D eigenvalue weighted by Gasteiger charge is 2.15. The van der Waals surface area contributed by atoms with Gasteiger partial charge in [-0.3, -0.25) is 14.8 Å². The zero-order chi connectivity index (χ0) is 23.3. The summed E-state index contributed by atoms with van der Waals surface area (Å²) < 4.78 is 27.6. The molecule has 33 heavy (non-hydrogen) atoms. The van der Waals surface area contributed by atoms with Gasteiger partial charge in [0.05, 0.1) is 15.9 Å². The number of nitrogens with one attached hydrogen (secondary N) is 4. The highest BCUT2D eigenvalue weighted by Crippen LogP contribution is 2.20. The number of amides is 1. The van der Waals surface area contributed by atoms with Crippen LogP contribution in [-0.4, -0.2) is 37.9 Å². The van der Waals surface area contributed by atoms with E-state index in [-0.39, 0.29) is 4.90 Å². The molecule has 4 aromatic rings. The van der Waals surface area contributed by atoms with Crippen molar-refractivity contribution in [3.63, 3.8) is 0 Å². The Hall–Kier alpha value is -3.69. The molecule has 1 aromatic heterocycles. The highest BCUT2D eigenvalue weighted by atomic mass is 32.2. The second-order valence-electron chi connectivity index (χ2n) is 7.60. The number of hydrogen-bond donors (Lipinski definition) is 4. The average molecular weight is 464 g/mol. The normalized spacial score (nSPS) is 11.4. The van der Waals surface area contributed by atoms with Crippen molar-refractivity contribution in [2.45, 2.75) is 17.7 Å². The van der Waals surface area contributed by atoms with Crippen molar-refractivity contribution in [1.82, 2.24) is 15.3 Å². The van der Waals surface area contributed by atoms with E-state index in [1.165, 1.54) is 23.8 Å². The summed E-state index contributed by atoms with van der Waals surface area (Å²) in [4.78, 5) is 20.5. The van der Waals surface area contributed by atoms with Crippen molar-refractivity contribution in [2.24, 2.45) is 0 Å². The molecule has 4 rings (SSSR count). The monoisotopic (exact) mass is 463 g/mol. The summed E-state index contributed by atoms with van der Waals surface area (Å²) in [6, 6.07) is 20.4. The van der Waals surface area contributed by atoms with E-state index in [0.717, 1.165) is 30.4 Å². The predicted molar refractivity (Wildman–Crippen MR) is 130 cm³/mol. The minimum atomic E-state index is -3.75. The Balaban J connectivity index is 1.47. The second-order valence-corrected chi connectivity index (χ2v) is 9.28. The molecular weight excluding hydrogens is 438 g/mol. The van der Waals surface area contributed by atoms with E-state index in [0.29, 0.717) is 17.2 Å². The molecule has 0 fully saturated rings. The predicted octanol–water partition coefficient (Wildman–Crippen LogP) is 3.77. The summed E-state index contributed by atoms with van der Waals surface area (Å²) in [5.74, 6) is -0.0679. The van der Waals surface area contributed by atoms with Crippen LogP contribution in [0, 0.1) is 0 Å². The number of imidazole rings is 1. The molecule has 0 aliphatic rings. The summed E-state index contributed by atoms with van der Waals surface area (Å²) >= 11 is 0. The second kappa shape index (κ2) is 9.85. The minimum absolute atomic E-state index is 0.146. The van der Waals surface area contributed by atoms with Gasteiger partial charge in [-0.25, -0.2) is 13.4 Å². The van der Waals surface area contributed by atoms with E-state index >= 15 is 0 Å². The van der Waals surface area contributed by atoms with Gasteiger partial charge < -0.3 is 10.3 Å². The molecule has 0 unspecified atom stereocenters. The van der Waals surface area contributed by atoms with Crippen molar-refractivity contribution in [1.29, 1.82) is 0 Å². The third-order valence-corrected chi connectivity index (χ3v) is 6.50. The zero-order valence-corrected chi connectivity index (χ0v) is 18.9. The summed E-state index contributed by atoms with van der Waals surface area (Å²) in [6.07, 6.45) is 1.97. The lowest BCUT2D eigenvalue weighted by Crippen LogP contribution is -2.15. The van der Waals surface area contributed by atoms with Crippen LogP contribution in [0.4, 0.5) is 11.6 Å². The smallest absolute Gasteiger partial charge is 0.261 e. The highest BCUT2D eigenvalue weighted by molar-refractivity contribution is 7.92. The number of aryl methyl sites for hydroxylation is 1. The maximum Gasteiger partial charge on any atom is 0.261 e. The first-order valence-corrected chi connectivity index (χ1v) is 12.1. The molecule has 0 saturated heterocycles. The molecule has 1 heterocycles. The van der Waals surface area contributed by atoms with Crippen molar-refractivity contribution in [3.8, 4) is 0 Å². The van der Waals surface area contributed by atoms with Crippen LogP contribution in [0.2, 0.25) is 0 Å². The van der Waals surface area contributed by atoms with Crippen LogP contribution in [0.25, 0.3) is 11.0 Å². The number of rotatable bonds is 9.